The van der Waals surface area contributed by atoms with Crippen LogP contribution in [0.4, 0.5) is 5.69 Å². The molecule has 1 amide bonds. The molecule has 0 spiro atoms. The molecule has 1 heterocycles. The third-order valence-corrected chi connectivity index (χ3v) is 2.42. The van der Waals surface area contributed by atoms with Gasteiger partial charge < -0.3 is 9.88 Å². The van der Waals surface area contributed by atoms with Crippen LogP contribution in [0.15, 0.2) is 48.8 Å². The van der Waals surface area contributed by atoms with Crippen molar-refractivity contribution in [2.45, 2.75) is 0 Å². The normalized spacial score (nSPS) is 10.1. The number of amides is 1. The Morgan fingerprint density at radius 3 is 2.38 bits per heavy atom. The molecule has 82 valence electrons. The topological polar surface area (TPSA) is 34.0 Å². The zero-order valence-electron chi connectivity index (χ0n) is 8.56. The number of nitrogens with zero attached hydrogens (tertiary/aromatic N) is 1. The van der Waals surface area contributed by atoms with E-state index in [2.05, 4.69) is 5.32 Å². The van der Waals surface area contributed by atoms with Crippen molar-refractivity contribution in [2.24, 2.45) is 0 Å². The van der Waals surface area contributed by atoms with Crippen molar-refractivity contribution in [2.75, 3.05) is 11.2 Å². The van der Waals surface area contributed by atoms with Crippen LogP contribution >= 0.6 is 11.6 Å². The predicted molar refractivity (Wildman–Crippen MR) is 65.1 cm³/mol. The number of halogens is 1. The van der Waals surface area contributed by atoms with Gasteiger partial charge in [-0.2, -0.15) is 0 Å². The summed E-state index contributed by atoms with van der Waals surface area (Å²) in [4.78, 5) is 11.0. The molecule has 1 aromatic heterocycles. The van der Waals surface area contributed by atoms with Crippen molar-refractivity contribution in [3.05, 3.63) is 48.8 Å². The lowest BCUT2D eigenvalue weighted by Crippen LogP contribution is -2.12. The van der Waals surface area contributed by atoms with E-state index < -0.39 is 0 Å². The third kappa shape index (κ3) is 2.44. The van der Waals surface area contributed by atoms with Gasteiger partial charge in [0.2, 0.25) is 5.91 Å². The monoisotopic (exact) mass is 234 g/mol. The quantitative estimate of drug-likeness (QED) is 0.814. The maximum atomic E-state index is 11.0. The fraction of sp³-hybridized carbons (Fsp3) is 0.0833. The average molecular weight is 235 g/mol. The summed E-state index contributed by atoms with van der Waals surface area (Å²) in [5.41, 5.74) is 1.80. The molecule has 1 N–H and O–H groups in total. The Morgan fingerprint density at radius 2 is 1.81 bits per heavy atom. The first-order chi connectivity index (χ1) is 7.79. The van der Waals surface area contributed by atoms with E-state index in [1.54, 1.807) is 0 Å². The van der Waals surface area contributed by atoms with E-state index in [-0.39, 0.29) is 11.8 Å². The summed E-state index contributed by atoms with van der Waals surface area (Å²) in [7, 11) is 0. The molecule has 2 aromatic rings. The molecule has 0 saturated heterocycles. The van der Waals surface area contributed by atoms with Gasteiger partial charge in [0.15, 0.2) is 0 Å². The molecule has 4 heteroatoms. The maximum Gasteiger partial charge on any atom is 0.239 e. The summed E-state index contributed by atoms with van der Waals surface area (Å²) < 4.78 is 1.99. The molecule has 1 aromatic carbocycles. The number of carbonyl (C=O) groups is 1. The molecule has 0 atom stereocenters. The second kappa shape index (κ2) is 4.86. The molecule has 0 fully saturated rings. The fourth-order valence-corrected chi connectivity index (χ4v) is 1.48. The summed E-state index contributed by atoms with van der Waals surface area (Å²) in [5.74, 6) is -0.227. The molecule has 0 unspecified atom stereocenters. The van der Waals surface area contributed by atoms with E-state index in [4.69, 9.17) is 11.6 Å². The molecule has 0 radical (unpaired) electrons. The number of hydrogen-bond donors (Lipinski definition) is 1. The molecule has 0 aliphatic rings. The van der Waals surface area contributed by atoms with Crippen molar-refractivity contribution in [3.8, 4) is 5.69 Å². The zero-order chi connectivity index (χ0) is 11.4. The number of rotatable bonds is 3. The minimum Gasteiger partial charge on any atom is -0.325 e. The molecule has 0 aliphatic carbocycles. The van der Waals surface area contributed by atoms with E-state index in [0.29, 0.717) is 0 Å². The van der Waals surface area contributed by atoms with Gasteiger partial charge in [-0.1, -0.05) is 0 Å². The first-order valence-electron chi connectivity index (χ1n) is 4.89. The second-order valence-electron chi connectivity index (χ2n) is 3.32. The smallest absolute Gasteiger partial charge is 0.239 e. The molecule has 0 saturated carbocycles. The lowest BCUT2D eigenvalue weighted by atomic mass is 10.3. The summed E-state index contributed by atoms with van der Waals surface area (Å²) in [6, 6.07) is 11.5. The Labute approximate surface area is 98.7 Å². The maximum absolute atomic E-state index is 11.0. The minimum atomic E-state index is -0.199. The van der Waals surface area contributed by atoms with Gasteiger partial charge in [0.05, 0.1) is 0 Å². The average Bonchev–Trinajstić information content (AvgIpc) is 2.83. The third-order valence-electron chi connectivity index (χ3n) is 2.18. The molecule has 0 bridgehead atoms. The van der Waals surface area contributed by atoms with Crippen molar-refractivity contribution in [3.63, 3.8) is 0 Å². The van der Waals surface area contributed by atoms with Gasteiger partial charge in [0, 0.05) is 23.8 Å². The number of nitrogens with one attached hydrogen (secondary N) is 1. The molecule has 16 heavy (non-hydrogen) atoms. The molecular weight excluding hydrogens is 224 g/mol. The molecule has 3 nitrogen and oxygen atoms in total. The van der Waals surface area contributed by atoms with Gasteiger partial charge in [-0.15, -0.1) is 11.6 Å². The molecular formula is C12H11ClN2O. The Hall–Kier alpha value is -1.74. The van der Waals surface area contributed by atoms with Crippen LogP contribution in [0.3, 0.4) is 0 Å². The van der Waals surface area contributed by atoms with Crippen molar-refractivity contribution in [1.29, 1.82) is 0 Å². The standard InChI is InChI=1S/C12H11ClN2O/c13-9-12(16)14-10-3-5-11(6-4-10)15-7-1-2-8-15/h1-8H,9H2,(H,14,16). The van der Waals surface area contributed by atoms with E-state index >= 15 is 0 Å². The number of aromatic nitrogens is 1. The van der Waals surface area contributed by atoms with E-state index in [0.717, 1.165) is 11.4 Å². The summed E-state index contributed by atoms with van der Waals surface area (Å²) in [6.45, 7) is 0. The van der Waals surface area contributed by atoms with Crippen LogP contribution in [0.25, 0.3) is 5.69 Å². The largest absolute Gasteiger partial charge is 0.325 e. The SMILES string of the molecule is O=C(CCl)Nc1ccc(-n2cccc2)cc1. The Bertz CT molecular complexity index is 462. The number of anilines is 1. The number of hydrogen-bond acceptors (Lipinski definition) is 1. The van der Waals surface area contributed by atoms with Crippen LogP contribution in [-0.2, 0) is 4.79 Å². The Morgan fingerprint density at radius 1 is 1.19 bits per heavy atom. The fourth-order valence-electron chi connectivity index (χ4n) is 1.42. The van der Waals surface area contributed by atoms with Gasteiger partial charge in [0.1, 0.15) is 5.88 Å². The van der Waals surface area contributed by atoms with Gasteiger partial charge in [0.25, 0.3) is 0 Å². The highest BCUT2D eigenvalue weighted by Crippen LogP contribution is 2.13. The second-order valence-corrected chi connectivity index (χ2v) is 3.59. The van der Waals surface area contributed by atoms with Crippen molar-refractivity contribution >= 4 is 23.2 Å². The van der Waals surface area contributed by atoms with Crippen LogP contribution in [0.1, 0.15) is 0 Å². The predicted octanol–water partition coefficient (Wildman–Crippen LogP) is 2.65. The Kier molecular flexibility index (Phi) is 3.27. The number of carbonyl (C=O) groups excluding carboxylic acids is 1. The lowest BCUT2D eigenvalue weighted by Gasteiger charge is -2.05. The van der Waals surface area contributed by atoms with Crippen LogP contribution in [0.2, 0.25) is 0 Å². The van der Waals surface area contributed by atoms with Crippen LogP contribution in [-0.4, -0.2) is 16.4 Å². The first kappa shape index (κ1) is 10.8. The van der Waals surface area contributed by atoms with Crippen LogP contribution in [0.5, 0.6) is 0 Å². The van der Waals surface area contributed by atoms with Crippen LogP contribution < -0.4 is 5.32 Å². The van der Waals surface area contributed by atoms with E-state index in [1.807, 2.05) is 53.4 Å². The summed E-state index contributed by atoms with van der Waals surface area (Å²) in [6.07, 6.45) is 3.93. The minimum absolute atomic E-state index is 0.0284. The highest BCUT2D eigenvalue weighted by Gasteiger charge is 2.00. The molecule has 0 aliphatic heterocycles. The van der Waals surface area contributed by atoms with Crippen molar-refractivity contribution < 1.29 is 4.79 Å². The van der Waals surface area contributed by atoms with E-state index in [9.17, 15) is 4.79 Å². The number of alkyl halides is 1. The lowest BCUT2D eigenvalue weighted by molar-refractivity contribution is -0.113. The highest BCUT2D eigenvalue weighted by atomic mass is 35.5. The van der Waals surface area contributed by atoms with Gasteiger partial charge >= 0.3 is 0 Å². The first-order valence-corrected chi connectivity index (χ1v) is 5.42. The summed E-state index contributed by atoms with van der Waals surface area (Å²) >= 11 is 5.40. The summed E-state index contributed by atoms with van der Waals surface area (Å²) in [5, 5.41) is 2.68. The Balaban J connectivity index is 2.14. The van der Waals surface area contributed by atoms with Gasteiger partial charge in [-0.25, -0.2) is 0 Å². The zero-order valence-corrected chi connectivity index (χ0v) is 9.32. The molecule has 2 rings (SSSR count). The van der Waals surface area contributed by atoms with Gasteiger partial charge in [-0.05, 0) is 36.4 Å². The van der Waals surface area contributed by atoms with E-state index in [1.165, 1.54) is 0 Å². The van der Waals surface area contributed by atoms with Crippen molar-refractivity contribution in [1.82, 2.24) is 4.57 Å². The highest BCUT2D eigenvalue weighted by molar-refractivity contribution is 6.29. The number of benzene rings is 1. The van der Waals surface area contributed by atoms with Gasteiger partial charge in [-0.3, -0.25) is 4.79 Å². The van der Waals surface area contributed by atoms with Crippen LogP contribution in [0, 0.1) is 0 Å².